The predicted molar refractivity (Wildman–Crippen MR) is 78.5 cm³/mol. The monoisotopic (exact) mass is 302 g/mol. The van der Waals surface area contributed by atoms with Gasteiger partial charge < -0.3 is 4.74 Å². The van der Waals surface area contributed by atoms with E-state index >= 15 is 0 Å². The Morgan fingerprint density at radius 3 is 2.37 bits per heavy atom. The molecule has 1 aromatic rings. The van der Waals surface area contributed by atoms with E-state index in [1.807, 2.05) is 6.92 Å². The Bertz CT molecular complexity index is 474. The molecule has 0 saturated heterocycles. The molecule has 0 spiro atoms. The summed E-state index contributed by atoms with van der Waals surface area (Å²) in [6.45, 7) is 6.06. The molecular formula is C13H16Cl2N2O2. The van der Waals surface area contributed by atoms with Gasteiger partial charge in [0, 0.05) is 11.3 Å². The summed E-state index contributed by atoms with van der Waals surface area (Å²) in [7, 11) is 0. The summed E-state index contributed by atoms with van der Waals surface area (Å²) < 4.78 is 5.43. The van der Waals surface area contributed by atoms with E-state index < -0.39 is 0 Å². The van der Waals surface area contributed by atoms with E-state index in [4.69, 9.17) is 27.9 Å². The molecule has 0 bridgehead atoms. The average molecular weight is 303 g/mol. The lowest BCUT2D eigenvalue weighted by atomic mass is 10.2. The number of benzene rings is 1. The topological polar surface area (TPSA) is 50.7 Å². The number of amides is 1. The van der Waals surface area contributed by atoms with Crippen LogP contribution in [0, 0.1) is 0 Å². The molecule has 104 valence electrons. The molecule has 1 rings (SSSR count). The summed E-state index contributed by atoms with van der Waals surface area (Å²) in [5.74, 6) is 0.0314. The molecule has 0 aromatic heterocycles. The van der Waals surface area contributed by atoms with Crippen LogP contribution in [-0.2, 0) is 0 Å². The molecule has 0 radical (unpaired) electrons. The molecule has 0 aliphatic rings. The van der Waals surface area contributed by atoms with Crippen LogP contribution >= 0.6 is 23.2 Å². The Balaban J connectivity index is 2.94. The lowest BCUT2D eigenvalue weighted by molar-refractivity contribution is 0.0954. The van der Waals surface area contributed by atoms with Crippen LogP contribution in [0.5, 0.6) is 5.75 Å². The second-order valence-corrected chi connectivity index (χ2v) is 4.93. The second kappa shape index (κ2) is 7.36. The Kier molecular flexibility index (Phi) is 6.12. The van der Waals surface area contributed by atoms with Crippen LogP contribution in [-0.4, -0.2) is 18.2 Å². The lowest BCUT2D eigenvalue weighted by Gasteiger charge is -2.10. The maximum Gasteiger partial charge on any atom is 0.271 e. The fourth-order valence-electron chi connectivity index (χ4n) is 1.26. The largest absolute Gasteiger partial charge is 0.490 e. The Labute approximate surface area is 122 Å². The van der Waals surface area contributed by atoms with Crippen LogP contribution in [0.3, 0.4) is 0 Å². The summed E-state index contributed by atoms with van der Waals surface area (Å²) in [4.78, 5) is 11.8. The van der Waals surface area contributed by atoms with Crippen LogP contribution < -0.4 is 10.2 Å². The van der Waals surface area contributed by atoms with Gasteiger partial charge in [0.2, 0.25) is 0 Å². The third kappa shape index (κ3) is 4.73. The number of hydrogen-bond acceptors (Lipinski definition) is 3. The molecule has 0 aliphatic heterocycles. The maximum absolute atomic E-state index is 11.8. The first-order valence-corrected chi connectivity index (χ1v) is 6.64. The third-order valence-electron chi connectivity index (χ3n) is 2.09. The van der Waals surface area contributed by atoms with Gasteiger partial charge in [-0.3, -0.25) is 4.79 Å². The Morgan fingerprint density at radius 2 is 1.89 bits per heavy atom. The van der Waals surface area contributed by atoms with E-state index in [1.165, 1.54) is 12.1 Å². The molecule has 19 heavy (non-hydrogen) atoms. The minimum absolute atomic E-state index is 0.309. The van der Waals surface area contributed by atoms with E-state index in [-0.39, 0.29) is 5.91 Å². The summed E-state index contributed by atoms with van der Waals surface area (Å²) in [5, 5.41) is 4.45. The van der Waals surface area contributed by atoms with Crippen LogP contribution in [0.15, 0.2) is 17.2 Å². The molecule has 0 saturated carbocycles. The first-order valence-electron chi connectivity index (χ1n) is 5.88. The zero-order valence-corrected chi connectivity index (χ0v) is 12.6. The summed E-state index contributed by atoms with van der Waals surface area (Å²) in [6.07, 6.45) is 0.847. The van der Waals surface area contributed by atoms with Gasteiger partial charge in [0.1, 0.15) is 0 Å². The number of halogens is 2. The number of carbonyl (C=O) groups is 1. The standard InChI is InChI=1S/C13H16Cl2N2O2/c1-4-5-19-12-10(14)6-9(7-11(12)15)13(18)17-16-8(2)3/h6-7H,4-5H2,1-3H3,(H,17,18). The van der Waals surface area contributed by atoms with Crippen LogP contribution in [0.1, 0.15) is 37.6 Å². The molecule has 4 nitrogen and oxygen atoms in total. The highest BCUT2D eigenvalue weighted by atomic mass is 35.5. The van der Waals surface area contributed by atoms with Crippen molar-refractivity contribution in [3.63, 3.8) is 0 Å². The van der Waals surface area contributed by atoms with Crippen molar-refractivity contribution in [2.45, 2.75) is 27.2 Å². The van der Waals surface area contributed by atoms with E-state index in [9.17, 15) is 4.79 Å². The van der Waals surface area contributed by atoms with Crippen molar-refractivity contribution in [1.82, 2.24) is 5.43 Å². The number of carbonyl (C=O) groups excluding carboxylic acids is 1. The number of hydrogen-bond donors (Lipinski definition) is 1. The van der Waals surface area contributed by atoms with Crippen molar-refractivity contribution in [3.05, 3.63) is 27.7 Å². The highest BCUT2D eigenvalue weighted by Gasteiger charge is 2.13. The number of nitrogens with zero attached hydrogens (tertiary/aromatic N) is 1. The fourth-order valence-corrected chi connectivity index (χ4v) is 1.86. The van der Waals surface area contributed by atoms with Crippen LogP contribution in [0.25, 0.3) is 0 Å². The number of hydrazone groups is 1. The van der Waals surface area contributed by atoms with Gasteiger partial charge in [-0.15, -0.1) is 0 Å². The normalized spacial score (nSPS) is 9.95. The van der Waals surface area contributed by atoms with Crippen molar-refractivity contribution in [2.75, 3.05) is 6.61 Å². The first-order chi connectivity index (χ1) is 8.95. The summed E-state index contributed by atoms with van der Waals surface area (Å²) in [6, 6.07) is 3.02. The van der Waals surface area contributed by atoms with Crippen molar-refractivity contribution >= 4 is 34.8 Å². The zero-order chi connectivity index (χ0) is 14.4. The van der Waals surface area contributed by atoms with Gasteiger partial charge in [0.15, 0.2) is 5.75 Å². The van der Waals surface area contributed by atoms with Gasteiger partial charge in [-0.05, 0) is 32.4 Å². The predicted octanol–water partition coefficient (Wildman–Crippen LogP) is 3.91. The molecule has 1 N–H and O–H groups in total. The highest BCUT2D eigenvalue weighted by molar-refractivity contribution is 6.37. The second-order valence-electron chi connectivity index (χ2n) is 4.12. The molecule has 1 aromatic carbocycles. The molecule has 0 aliphatic carbocycles. The average Bonchev–Trinajstić information content (AvgIpc) is 2.34. The Morgan fingerprint density at radius 1 is 1.32 bits per heavy atom. The van der Waals surface area contributed by atoms with E-state index in [1.54, 1.807) is 13.8 Å². The number of nitrogens with one attached hydrogen (secondary N) is 1. The molecule has 0 unspecified atom stereocenters. The van der Waals surface area contributed by atoms with Crippen molar-refractivity contribution < 1.29 is 9.53 Å². The summed E-state index contributed by atoms with van der Waals surface area (Å²) >= 11 is 12.1. The zero-order valence-electron chi connectivity index (χ0n) is 11.1. The van der Waals surface area contributed by atoms with Crippen LogP contribution in [0.2, 0.25) is 10.0 Å². The van der Waals surface area contributed by atoms with E-state index in [0.717, 1.165) is 12.1 Å². The molecule has 1 amide bonds. The number of ether oxygens (including phenoxy) is 1. The maximum atomic E-state index is 11.8. The van der Waals surface area contributed by atoms with Crippen LogP contribution in [0.4, 0.5) is 0 Å². The van der Waals surface area contributed by atoms with Gasteiger partial charge in [0.25, 0.3) is 5.91 Å². The quantitative estimate of drug-likeness (QED) is 0.662. The SMILES string of the molecule is CCCOc1c(Cl)cc(C(=O)NN=C(C)C)cc1Cl. The van der Waals surface area contributed by atoms with Crippen molar-refractivity contribution in [2.24, 2.45) is 5.10 Å². The van der Waals surface area contributed by atoms with E-state index in [2.05, 4.69) is 10.5 Å². The van der Waals surface area contributed by atoms with Crippen molar-refractivity contribution in [1.29, 1.82) is 0 Å². The fraction of sp³-hybridized carbons (Fsp3) is 0.385. The molecule has 0 atom stereocenters. The van der Waals surface area contributed by atoms with Gasteiger partial charge >= 0.3 is 0 Å². The molecule has 6 heteroatoms. The molecular weight excluding hydrogens is 287 g/mol. The Hall–Kier alpha value is -1.26. The minimum atomic E-state index is -0.368. The van der Waals surface area contributed by atoms with Gasteiger partial charge in [-0.2, -0.15) is 5.10 Å². The van der Waals surface area contributed by atoms with Gasteiger partial charge in [-0.1, -0.05) is 30.1 Å². The molecule has 0 fully saturated rings. The van der Waals surface area contributed by atoms with E-state index in [0.29, 0.717) is 28.0 Å². The smallest absolute Gasteiger partial charge is 0.271 e. The minimum Gasteiger partial charge on any atom is -0.490 e. The molecule has 0 heterocycles. The summed E-state index contributed by atoms with van der Waals surface area (Å²) in [5.41, 5.74) is 3.49. The van der Waals surface area contributed by atoms with Gasteiger partial charge in [-0.25, -0.2) is 5.43 Å². The lowest BCUT2D eigenvalue weighted by Crippen LogP contribution is -2.18. The highest BCUT2D eigenvalue weighted by Crippen LogP contribution is 2.34. The first kappa shape index (κ1) is 15.8. The number of rotatable bonds is 5. The third-order valence-corrected chi connectivity index (χ3v) is 2.65. The van der Waals surface area contributed by atoms with Crippen molar-refractivity contribution in [3.8, 4) is 5.75 Å². The van der Waals surface area contributed by atoms with Gasteiger partial charge in [0.05, 0.1) is 16.7 Å².